The van der Waals surface area contributed by atoms with Crippen LogP contribution in [0.25, 0.3) is 0 Å². The zero-order valence-electron chi connectivity index (χ0n) is 12.4. The van der Waals surface area contributed by atoms with Crippen LogP contribution in [0.1, 0.15) is 12.8 Å². The van der Waals surface area contributed by atoms with Gasteiger partial charge in [-0.3, -0.25) is 5.32 Å². The molecule has 0 aromatic carbocycles. The fourth-order valence-corrected chi connectivity index (χ4v) is 3.35. The van der Waals surface area contributed by atoms with Crippen molar-refractivity contribution < 1.29 is 28.1 Å². The number of hydrogen-bond acceptors (Lipinski definition) is 6. The topological polar surface area (TPSA) is 103 Å². The summed E-state index contributed by atoms with van der Waals surface area (Å²) in [5, 5.41) is 24.4. The van der Waals surface area contributed by atoms with Gasteiger partial charge in [-0.05, 0) is 19.9 Å². The first-order valence-corrected chi connectivity index (χ1v) is 7.48. The molecule has 0 spiro atoms. The average Bonchev–Trinajstić information content (AvgIpc) is 3.26. The molecule has 2 aliphatic rings. The first-order chi connectivity index (χ1) is 10.3. The minimum atomic E-state index is -4.32. The number of aliphatic hydroxyl groups is 2. The molecule has 0 radical (unpaired) electrons. The molecule has 2 aliphatic heterocycles. The maximum absolute atomic E-state index is 12.8. The van der Waals surface area contributed by atoms with E-state index < -0.39 is 24.5 Å². The molecular weight excluding hydrogens is 303 g/mol. The van der Waals surface area contributed by atoms with Crippen molar-refractivity contribution in [1.82, 2.24) is 10.6 Å². The van der Waals surface area contributed by atoms with E-state index in [0.29, 0.717) is 6.42 Å². The molecular formula is C13H24F3N3O3. The number of alkyl halides is 3. The molecule has 0 aromatic heterocycles. The molecule has 6 nitrogen and oxygen atoms in total. The van der Waals surface area contributed by atoms with Gasteiger partial charge in [-0.1, -0.05) is 0 Å². The lowest BCUT2D eigenvalue weighted by Crippen LogP contribution is -2.56. The predicted octanol–water partition coefficient (Wildman–Crippen LogP) is -0.842. The van der Waals surface area contributed by atoms with Gasteiger partial charge in [0, 0.05) is 24.4 Å². The van der Waals surface area contributed by atoms with Gasteiger partial charge >= 0.3 is 6.18 Å². The van der Waals surface area contributed by atoms with Crippen LogP contribution >= 0.6 is 0 Å². The molecule has 9 heteroatoms. The number of piperidine rings is 1. The molecule has 2 heterocycles. The van der Waals surface area contributed by atoms with E-state index >= 15 is 0 Å². The molecule has 22 heavy (non-hydrogen) atoms. The third-order valence-corrected chi connectivity index (χ3v) is 4.69. The Morgan fingerprint density at radius 3 is 2.59 bits per heavy atom. The van der Waals surface area contributed by atoms with Crippen LogP contribution in [0, 0.1) is 11.8 Å². The maximum atomic E-state index is 12.8. The Hall–Kier alpha value is -0.450. The molecule has 0 bridgehead atoms. The van der Waals surface area contributed by atoms with E-state index in [1.54, 1.807) is 7.05 Å². The molecule has 0 amide bonds. The van der Waals surface area contributed by atoms with E-state index in [9.17, 15) is 23.4 Å². The van der Waals surface area contributed by atoms with Gasteiger partial charge in [0.05, 0.1) is 18.8 Å². The van der Waals surface area contributed by atoms with Crippen LogP contribution in [0.15, 0.2) is 0 Å². The second-order valence-corrected chi connectivity index (χ2v) is 5.99. The summed E-state index contributed by atoms with van der Waals surface area (Å²) in [5.74, 6) is -0.540. The fourth-order valence-electron chi connectivity index (χ4n) is 3.35. The van der Waals surface area contributed by atoms with Crippen molar-refractivity contribution in [3.8, 4) is 0 Å². The number of nitrogens with one attached hydrogen (secondary N) is 2. The van der Waals surface area contributed by atoms with E-state index in [-0.39, 0.29) is 43.6 Å². The van der Waals surface area contributed by atoms with Crippen molar-refractivity contribution in [1.29, 1.82) is 0 Å². The second kappa shape index (κ2) is 6.98. The SMILES string of the molecule is CNC(O)C(CN)C1OC1C1CCC(C(F)(F)F)NC1CO. The van der Waals surface area contributed by atoms with Crippen molar-refractivity contribution in [2.75, 3.05) is 20.2 Å². The lowest BCUT2D eigenvalue weighted by Gasteiger charge is -2.37. The molecule has 2 rings (SSSR count). The van der Waals surface area contributed by atoms with Gasteiger partial charge in [-0.15, -0.1) is 0 Å². The minimum absolute atomic E-state index is 0.0425. The van der Waals surface area contributed by atoms with E-state index in [4.69, 9.17) is 10.5 Å². The van der Waals surface area contributed by atoms with Crippen molar-refractivity contribution in [3.63, 3.8) is 0 Å². The summed E-state index contributed by atoms with van der Waals surface area (Å²) >= 11 is 0. The van der Waals surface area contributed by atoms with Crippen LogP contribution in [-0.2, 0) is 4.74 Å². The third kappa shape index (κ3) is 3.72. The number of hydrogen-bond donors (Lipinski definition) is 5. The zero-order valence-corrected chi connectivity index (χ0v) is 12.4. The van der Waals surface area contributed by atoms with Crippen LogP contribution in [0.4, 0.5) is 13.2 Å². The Morgan fingerprint density at radius 2 is 2.09 bits per heavy atom. The van der Waals surface area contributed by atoms with Crippen molar-refractivity contribution in [3.05, 3.63) is 0 Å². The van der Waals surface area contributed by atoms with Gasteiger partial charge in [0.1, 0.15) is 12.3 Å². The summed E-state index contributed by atoms with van der Waals surface area (Å²) < 4.78 is 43.9. The summed E-state index contributed by atoms with van der Waals surface area (Å²) in [7, 11) is 1.59. The highest BCUT2D eigenvalue weighted by molar-refractivity contribution is 5.03. The smallest absolute Gasteiger partial charge is 0.395 e. The normalized spacial score (nSPS) is 38.6. The first-order valence-electron chi connectivity index (χ1n) is 7.48. The molecule has 2 saturated heterocycles. The quantitative estimate of drug-likeness (QED) is 0.322. The Kier molecular flexibility index (Phi) is 5.68. The van der Waals surface area contributed by atoms with Crippen molar-refractivity contribution in [2.24, 2.45) is 17.6 Å². The standard InChI is InChI=1S/C13H24F3N3O3/c1-18-12(21)7(4-17)11-10(22-11)6-2-3-9(13(14,15)16)19-8(6)5-20/h6-12,18-21H,2-5,17H2,1H3. The number of aliphatic hydroxyl groups excluding tert-OH is 2. The molecule has 2 fully saturated rings. The second-order valence-electron chi connectivity index (χ2n) is 5.99. The van der Waals surface area contributed by atoms with Gasteiger partial charge < -0.3 is 26.0 Å². The maximum Gasteiger partial charge on any atom is 0.403 e. The monoisotopic (exact) mass is 327 g/mol. The van der Waals surface area contributed by atoms with Crippen LogP contribution < -0.4 is 16.4 Å². The van der Waals surface area contributed by atoms with Crippen LogP contribution in [0.3, 0.4) is 0 Å². The van der Waals surface area contributed by atoms with Gasteiger partial charge in [0.15, 0.2) is 0 Å². The minimum Gasteiger partial charge on any atom is -0.395 e. The summed E-state index contributed by atoms with van der Waals surface area (Å²) in [6.07, 6.45) is -5.45. The van der Waals surface area contributed by atoms with E-state index in [1.165, 1.54) is 0 Å². The lowest BCUT2D eigenvalue weighted by molar-refractivity contribution is -0.167. The van der Waals surface area contributed by atoms with E-state index in [1.807, 2.05) is 0 Å². The molecule has 7 atom stereocenters. The van der Waals surface area contributed by atoms with Gasteiger partial charge in [-0.25, -0.2) is 0 Å². The predicted molar refractivity (Wildman–Crippen MR) is 72.8 cm³/mol. The van der Waals surface area contributed by atoms with Crippen LogP contribution in [-0.4, -0.2) is 67.1 Å². The van der Waals surface area contributed by atoms with E-state index in [0.717, 1.165) is 0 Å². The fraction of sp³-hybridized carbons (Fsp3) is 1.00. The van der Waals surface area contributed by atoms with Crippen molar-refractivity contribution in [2.45, 2.75) is 49.5 Å². The average molecular weight is 327 g/mol. The molecule has 0 aliphatic carbocycles. The number of epoxide rings is 1. The highest BCUT2D eigenvalue weighted by atomic mass is 19.4. The van der Waals surface area contributed by atoms with Crippen LogP contribution in [0.2, 0.25) is 0 Å². The lowest BCUT2D eigenvalue weighted by atomic mass is 9.82. The first kappa shape index (κ1) is 17.9. The van der Waals surface area contributed by atoms with Gasteiger partial charge in [0.2, 0.25) is 0 Å². The largest absolute Gasteiger partial charge is 0.403 e. The summed E-state index contributed by atoms with van der Waals surface area (Å²) in [6.45, 7) is -0.177. The highest BCUT2D eigenvalue weighted by Gasteiger charge is 2.55. The molecule has 7 unspecified atom stereocenters. The number of halogens is 3. The summed E-state index contributed by atoms with van der Waals surface area (Å²) in [4.78, 5) is 0. The number of nitrogens with two attached hydrogens (primary N) is 1. The summed E-state index contributed by atoms with van der Waals surface area (Å²) in [5.41, 5.74) is 5.63. The Labute approximate surface area is 127 Å². The molecule has 130 valence electrons. The molecule has 0 saturated carbocycles. The Morgan fingerprint density at radius 1 is 1.41 bits per heavy atom. The number of rotatable bonds is 6. The Bertz CT molecular complexity index is 372. The number of ether oxygens (including phenoxy) is 1. The zero-order chi connectivity index (χ0) is 16.5. The highest BCUT2D eigenvalue weighted by Crippen LogP contribution is 2.42. The van der Waals surface area contributed by atoms with Gasteiger partial charge in [0.25, 0.3) is 0 Å². The molecule has 6 N–H and O–H groups in total. The molecule has 0 aromatic rings. The summed E-state index contributed by atoms with van der Waals surface area (Å²) in [6, 6.07) is -2.26. The van der Waals surface area contributed by atoms with E-state index in [2.05, 4.69) is 10.6 Å². The van der Waals surface area contributed by atoms with Crippen molar-refractivity contribution >= 4 is 0 Å². The third-order valence-electron chi connectivity index (χ3n) is 4.69. The van der Waals surface area contributed by atoms with Gasteiger partial charge in [-0.2, -0.15) is 13.2 Å². The Balaban J connectivity index is 1.96. The van der Waals surface area contributed by atoms with Crippen LogP contribution in [0.5, 0.6) is 0 Å².